The Bertz CT molecular complexity index is 12.9. The minimum absolute atomic E-state index is 0. The van der Waals surface area contributed by atoms with Gasteiger partial charge in [0.25, 0.3) is 0 Å². The first kappa shape index (κ1) is 227. The first-order chi connectivity index (χ1) is 0. The average molecular weight is 592 g/mol. The third-order valence-corrected chi connectivity index (χ3v) is 0. The van der Waals surface area contributed by atoms with Gasteiger partial charge in [0, 0.05) is 0 Å². The summed E-state index contributed by atoms with van der Waals surface area (Å²) in [6, 6.07) is 0. The third-order valence-electron chi connectivity index (χ3n) is 0. The van der Waals surface area contributed by atoms with E-state index in [2.05, 4.69) is 0 Å². The van der Waals surface area contributed by atoms with Gasteiger partial charge < -0.3 is 27.4 Å². The maximum atomic E-state index is 0. The molecule has 0 atom stereocenters. The molecule has 9 heavy (non-hydrogen) atoms. The smallest absolute Gasteiger partial charge is 2.00 e. The SMILES string of the molecule is [Au+3].[Au+3].[Co+2].[Co+2].[O-2].[O-2].[O-2].[O-2].[O-2]. The predicted octanol–water partition coefficient (Wildman–Crippen LogP) is -0.604. The molecule has 0 aliphatic heterocycles. The molecule has 5 nitrogen and oxygen atoms in total. The van der Waals surface area contributed by atoms with E-state index in [1.807, 2.05) is 0 Å². The molecule has 70 valence electrons. The molecule has 0 unspecified atom stereocenters. The van der Waals surface area contributed by atoms with Gasteiger partial charge in [0.05, 0.1) is 0 Å². The first-order valence-electron chi connectivity index (χ1n) is 0. The minimum Gasteiger partial charge on any atom is -2.00 e. The summed E-state index contributed by atoms with van der Waals surface area (Å²) in [7, 11) is 0. The van der Waals surface area contributed by atoms with Crippen molar-refractivity contribution in [1.29, 1.82) is 0 Å². The topological polar surface area (TPSA) is 142 Å². The van der Waals surface area contributed by atoms with Gasteiger partial charge in [-0.2, -0.15) is 0 Å². The van der Waals surface area contributed by atoms with Gasteiger partial charge >= 0.3 is 78.3 Å². The summed E-state index contributed by atoms with van der Waals surface area (Å²) in [5, 5.41) is 0. The average Bonchev–Trinajstić information content (AvgIpc) is 0. The van der Waals surface area contributed by atoms with E-state index in [9.17, 15) is 0 Å². The maximum absolute atomic E-state index is 0. The molecule has 0 spiro atoms. The molecule has 0 amide bonds. The van der Waals surface area contributed by atoms with Crippen molar-refractivity contribution in [3.05, 3.63) is 0 Å². The van der Waals surface area contributed by atoms with Crippen LogP contribution in [-0.2, 0) is 106 Å². The molecular formula is Au2Co2O5. The fourth-order valence-corrected chi connectivity index (χ4v) is 0. The van der Waals surface area contributed by atoms with Gasteiger partial charge in [-0.3, -0.25) is 0 Å². The molecule has 0 N–H and O–H groups in total. The Kier molecular flexibility index (Phi) is 4270. The summed E-state index contributed by atoms with van der Waals surface area (Å²) in [5.74, 6) is 0. The van der Waals surface area contributed by atoms with Crippen LogP contribution in [0.2, 0.25) is 0 Å². The largest absolute Gasteiger partial charge is 3.00 e. The van der Waals surface area contributed by atoms with Crippen molar-refractivity contribution >= 4 is 0 Å². The van der Waals surface area contributed by atoms with Crippen molar-refractivity contribution in [3.63, 3.8) is 0 Å². The maximum Gasteiger partial charge on any atom is 3.00 e. The van der Waals surface area contributed by atoms with E-state index in [0.29, 0.717) is 0 Å². The normalized spacial score (nSPS) is 0. The van der Waals surface area contributed by atoms with Crippen molar-refractivity contribution < 1.29 is 106 Å². The molecule has 0 heterocycles. The second-order valence-electron chi connectivity index (χ2n) is 0. The molecule has 0 fully saturated rings. The quantitative estimate of drug-likeness (QED) is 0.332. The Morgan fingerprint density at radius 2 is 0.333 bits per heavy atom. The molecule has 0 aromatic heterocycles. The molecule has 2 radical (unpaired) electrons. The molecule has 9 heteroatoms. The second-order valence-corrected chi connectivity index (χ2v) is 0. The van der Waals surface area contributed by atoms with Gasteiger partial charge in [-0.1, -0.05) is 0 Å². The molecule has 0 rings (SSSR count). The van der Waals surface area contributed by atoms with Crippen molar-refractivity contribution in [2.75, 3.05) is 0 Å². The predicted molar refractivity (Wildman–Crippen MR) is 3.43 cm³/mol. The van der Waals surface area contributed by atoms with Crippen LogP contribution in [-0.4, -0.2) is 0 Å². The van der Waals surface area contributed by atoms with Crippen LogP contribution in [0.25, 0.3) is 0 Å². The zero-order valence-electron chi connectivity index (χ0n) is 3.31. The van der Waals surface area contributed by atoms with Crippen LogP contribution in [0, 0.1) is 0 Å². The number of hydrogen-bond donors (Lipinski definition) is 0. The molecule has 0 aromatic rings. The fraction of sp³-hybridized carbons (Fsp3) is 0. The Morgan fingerprint density at radius 3 is 0.333 bits per heavy atom. The van der Waals surface area contributed by atoms with Crippen LogP contribution in [0.1, 0.15) is 0 Å². The van der Waals surface area contributed by atoms with E-state index in [1.54, 1.807) is 0 Å². The van der Waals surface area contributed by atoms with E-state index in [1.165, 1.54) is 0 Å². The van der Waals surface area contributed by atoms with Crippen molar-refractivity contribution in [1.82, 2.24) is 0 Å². The molecule has 0 aliphatic carbocycles. The van der Waals surface area contributed by atoms with Crippen LogP contribution >= 0.6 is 0 Å². The summed E-state index contributed by atoms with van der Waals surface area (Å²) in [6.45, 7) is 0. The van der Waals surface area contributed by atoms with Crippen LogP contribution < -0.4 is 0 Å². The number of hydrogen-bond acceptors (Lipinski definition) is 0. The van der Waals surface area contributed by atoms with Gasteiger partial charge in [-0.05, 0) is 0 Å². The monoisotopic (exact) mass is 592 g/mol. The summed E-state index contributed by atoms with van der Waals surface area (Å²) >= 11 is 0. The second kappa shape index (κ2) is 169. The van der Waals surface area contributed by atoms with Crippen LogP contribution in [0.3, 0.4) is 0 Å². The van der Waals surface area contributed by atoms with Gasteiger partial charge in [-0.15, -0.1) is 0 Å². The van der Waals surface area contributed by atoms with Crippen molar-refractivity contribution in [2.45, 2.75) is 0 Å². The van der Waals surface area contributed by atoms with Gasteiger partial charge in [0.1, 0.15) is 0 Å². The van der Waals surface area contributed by atoms with E-state index >= 15 is 0 Å². The summed E-state index contributed by atoms with van der Waals surface area (Å²) in [6.07, 6.45) is 0. The fourth-order valence-electron chi connectivity index (χ4n) is 0. The van der Waals surface area contributed by atoms with Crippen molar-refractivity contribution in [2.24, 2.45) is 0 Å². The van der Waals surface area contributed by atoms with Crippen LogP contribution in [0.15, 0.2) is 0 Å². The summed E-state index contributed by atoms with van der Waals surface area (Å²) < 4.78 is 0. The van der Waals surface area contributed by atoms with Crippen molar-refractivity contribution in [3.8, 4) is 0 Å². The van der Waals surface area contributed by atoms with Crippen LogP contribution in [0.4, 0.5) is 0 Å². The standard InChI is InChI=1S/2Au.2Co.5O/q2*+3;2*+2;5*-2. The Morgan fingerprint density at radius 1 is 0.333 bits per heavy atom. The molecule has 0 bridgehead atoms. The molecule has 0 saturated heterocycles. The number of rotatable bonds is 0. The minimum atomic E-state index is 0. The Balaban J connectivity index is 0. The van der Waals surface area contributed by atoms with E-state index in [-0.39, 0.29) is 106 Å². The third kappa shape index (κ3) is 135. The zero-order valence-corrected chi connectivity index (χ0v) is 9.73. The zero-order chi connectivity index (χ0) is 0. The van der Waals surface area contributed by atoms with Gasteiger partial charge in [0.2, 0.25) is 0 Å². The Labute approximate surface area is 105 Å². The van der Waals surface area contributed by atoms with Gasteiger partial charge in [-0.25, -0.2) is 0 Å². The van der Waals surface area contributed by atoms with Crippen LogP contribution in [0.5, 0.6) is 0 Å². The summed E-state index contributed by atoms with van der Waals surface area (Å²) in [4.78, 5) is 0. The molecule has 0 aromatic carbocycles. The summed E-state index contributed by atoms with van der Waals surface area (Å²) in [5.41, 5.74) is 0. The van der Waals surface area contributed by atoms with E-state index < -0.39 is 0 Å². The Hall–Kier alpha value is 2.29. The molecule has 0 saturated carbocycles. The van der Waals surface area contributed by atoms with E-state index in [4.69, 9.17) is 0 Å². The first-order valence-corrected chi connectivity index (χ1v) is 0. The van der Waals surface area contributed by atoms with Gasteiger partial charge in [0.15, 0.2) is 0 Å². The molecular weight excluding hydrogens is 592 g/mol. The molecule has 0 aliphatic rings. The van der Waals surface area contributed by atoms with E-state index in [0.717, 1.165) is 0 Å².